The van der Waals surface area contributed by atoms with Gasteiger partial charge in [-0.1, -0.05) is 38.5 Å². The van der Waals surface area contributed by atoms with E-state index in [4.69, 9.17) is 0 Å². The molecular formula is C16H26O. The maximum atomic E-state index is 11.9. The second kappa shape index (κ2) is 8.27. The minimum Gasteiger partial charge on any atom is -0.295 e. The van der Waals surface area contributed by atoms with Crippen molar-refractivity contribution in [1.29, 1.82) is 0 Å². The van der Waals surface area contributed by atoms with Gasteiger partial charge in [0.15, 0.2) is 5.78 Å². The van der Waals surface area contributed by atoms with Crippen LogP contribution < -0.4 is 0 Å². The minimum absolute atomic E-state index is 0.411. The molecule has 1 nitrogen and oxygen atoms in total. The zero-order chi connectivity index (χ0) is 12.5. The fourth-order valence-corrected chi connectivity index (χ4v) is 2.34. The Bertz CT molecular complexity index is 286. The first-order chi connectivity index (χ1) is 8.27. The van der Waals surface area contributed by atoms with Crippen LogP contribution in [0.5, 0.6) is 0 Å². The van der Waals surface area contributed by atoms with Crippen molar-refractivity contribution in [2.45, 2.75) is 65.2 Å². The molecule has 1 aliphatic rings. The highest BCUT2D eigenvalue weighted by molar-refractivity contribution is 5.96. The first-order valence-corrected chi connectivity index (χ1v) is 7.15. The number of hydrogen-bond acceptors (Lipinski definition) is 1. The zero-order valence-electron chi connectivity index (χ0n) is 11.4. The highest BCUT2D eigenvalue weighted by Gasteiger charge is 2.20. The van der Waals surface area contributed by atoms with Gasteiger partial charge in [-0.15, -0.1) is 0 Å². The molecule has 0 N–H and O–H groups in total. The molecular weight excluding hydrogens is 208 g/mol. The van der Waals surface area contributed by atoms with Crippen molar-refractivity contribution in [1.82, 2.24) is 0 Å². The van der Waals surface area contributed by atoms with Crippen LogP contribution in [0.2, 0.25) is 0 Å². The topological polar surface area (TPSA) is 17.1 Å². The number of rotatable bonds is 7. The smallest absolute Gasteiger partial charge is 0.158 e. The van der Waals surface area contributed by atoms with Gasteiger partial charge in [-0.2, -0.15) is 0 Å². The van der Waals surface area contributed by atoms with Gasteiger partial charge in [0.05, 0.1) is 0 Å². The van der Waals surface area contributed by atoms with Crippen LogP contribution in [-0.2, 0) is 4.79 Å². The van der Waals surface area contributed by atoms with Gasteiger partial charge in [-0.25, -0.2) is 0 Å². The van der Waals surface area contributed by atoms with Gasteiger partial charge in [0.1, 0.15) is 0 Å². The molecule has 0 aliphatic heterocycles. The summed E-state index contributed by atoms with van der Waals surface area (Å²) in [5, 5.41) is 0. The highest BCUT2D eigenvalue weighted by Crippen LogP contribution is 2.27. The molecule has 1 unspecified atom stereocenters. The lowest BCUT2D eigenvalue weighted by molar-refractivity contribution is -0.117. The molecule has 0 saturated heterocycles. The van der Waals surface area contributed by atoms with Crippen LogP contribution in [0, 0.1) is 5.92 Å². The van der Waals surface area contributed by atoms with Crippen LogP contribution in [0.15, 0.2) is 23.8 Å². The average Bonchev–Trinajstić information content (AvgIpc) is 2.34. The van der Waals surface area contributed by atoms with E-state index in [-0.39, 0.29) is 0 Å². The van der Waals surface area contributed by atoms with Crippen LogP contribution in [0.25, 0.3) is 0 Å². The molecule has 0 radical (unpaired) electrons. The molecule has 1 atom stereocenters. The van der Waals surface area contributed by atoms with Gasteiger partial charge < -0.3 is 0 Å². The third kappa shape index (κ3) is 5.34. The van der Waals surface area contributed by atoms with Crippen molar-refractivity contribution in [3.05, 3.63) is 23.8 Å². The Kier molecular flexibility index (Phi) is 6.91. The third-order valence-corrected chi connectivity index (χ3v) is 3.47. The van der Waals surface area contributed by atoms with E-state index in [1.807, 2.05) is 0 Å². The van der Waals surface area contributed by atoms with Crippen molar-refractivity contribution in [2.24, 2.45) is 5.92 Å². The predicted molar refractivity (Wildman–Crippen MR) is 74.0 cm³/mol. The Balaban J connectivity index is 2.32. The Labute approximate surface area is 106 Å². The van der Waals surface area contributed by atoms with Gasteiger partial charge in [-0.3, -0.25) is 4.79 Å². The Morgan fingerprint density at radius 1 is 1.35 bits per heavy atom. The van der Waals surface area contributed by atoms with Crippen molar-refractivity contribution in [3.8, 4) is 0 Å². The zero-order valence-corrected chi connectivity index (χ0v) is 11.4. The lowest BCUT2D eigenvalue weighted by Crippen LogP contribution is -2.15. The summed E-state index contributed by atoms with van der Waals surface area (Å²) < 4.78 is 0. The second-order valence-corrected chi connectivity index (χ2v) is 5.02. The Hall–Kier alpha value is -0.850. The summed E-state index contributed by atoms with van der Waals surface area (Å²) in [5.74, 6) is 1.00. The summed E-state index contributed by atoms with van der Waals surface area (Å²) in [4.78, 5) is 11.9. The summed E-state index contributed by atoms with van der Waals surface area (Å²) in [5.41, 5.74) is 1.10. The van der Waals surface area contributed by atoms with E-state index in [2.05, 4.69) is 32.1 Å². The quantitative estimate of drug-likeness (QED) is 0.577. The van der Waals surface area contributed by atoms with Crippen molar-refractivity contribution in [2.75, 3.05) is 0 Å². The maximum Gasteiger partial charge on any atom is 0.158 e. The van der Waals surface area contributed by atoms with Crippen LogP contribution in [0.4, 0.5) is 0 Å². The summed E-state index contributed by atoms with van der Waals surface area (Å²) in [6.45, 7) is 4.33. The van der Waals surface area contributed by atoms with E-state index >= 15 is 0 Å². The highest BCUT2D eigenvalue weighted by atomic mass is 16.1. The largest absolute Gasteiger partial charge is 0.295 e. The van der Waals surface area contributed by atoms with E-state index < -0.39 is 0 Å². The van der Waals surface area contributed by atoms with E-state index in [0.29, 0.717) is 11.7 Å². The van der Waals surface area contributed by atoms with E-state index in [1.54, 1.807) is 0 Å². The molecule has 0 heterocycles. The van der Waals surface area contributed by atoms with E-state index in [1.165, 1.54) is 12.8 Å². The normalized spacial score (nSPS) is 20.9. The van der Waals surface area contributed by atoms with Gasteiger partial charge in [0, 0.05) is 6.42 Å². The molecule has 0 fully saturated rings. The summed E-state index contributed by atoms with van der Waals surface area (Å²) in [7, 11) is 0. The Morgan fingerprint density at radius 3 is 2.82 bits per heavy atom. The van der Waals surface area contributed by atoms with Crippen LogP contribution in [0.3, 0.4) is 0 Å². The number of allylic oxidation sites excluding steroid dienone is 4. The van der Waals surface area contributed by atoms with Gasteiger partial charge in [0.25, 0.3) is 0 Å². The molecule has 0 bridgehead atoms. The first kappa shape index (κ1) is 14.2. The summed E-state index contributed by atoms with van der Waals surface area (Å²) >= 11 is 0. The third-order valence-electron chi connectivity index (χ3n) is 3.47. The fourth-order valence-electron chi connectivity index (χ4n) is 2.34. The van der Waals surface area contributed by atoms with Crippen molar-refractivity contribution < 1.29 is 4.79 Å². The number of ketones is 1. The van der Waals surface area contributed by atoms with E-state index in [9.17, 15) is 4.79 Å². The van der Waals surface area contributed by atoms with E-state index in [0.717, 1.165) is 44.1 Å². The monoisotopic (exact) mass is 234 g/mol. The molecule has 17 heavy (non-hydrogen) atoms. The minimum atomic E-state index is 0.411. The molecule has 0 saturated carbocycles. The van der Waals surface area contributed by atoms with Crippen LogP contribution in [-0.4, -0.2) is 5.78 Å². The average molecular weight is 234 g/mol. The number of carbonyl (C=O) groups is 1. The molecule has 1 rings (SSSR count). The molecule has 1 aliphatic carbocycles. The van der Waals surface area contributed by atoms with Crippen molar-refractivity contribution in [3.63, 3.8) is 0 Å². The lowest BCUT2D eigenvalue weighted by Gasteiger charge is -2.20. The molecule has 0 aromatic heterocycles. The summed E-state index contributed by atoms with van der Waals surface area (Å²) in [6.07, 6.45) is 15.3. The SMILES string of the molecule is CC/C=C\CCC1CC=C(CCCC)C(=O)C1. The van der Waals surface area contributed by atoms with Crippen LogP contribution in [0.1, 0.15) is 65.2 Å². The van der Waals surface area contributed by atoms with Gasteiger partial charge >= 0.3 is 0 Å². The molecule has 0 spiro atoms. The lowest BCUT2D eigenvalue weighted by atomic mass is 9.84. The van der Waals surface area contributed by atoms with Gasteiger partial charge in [-0.05, 0) is 50.0 Å². The molecule has 0 aromatic carbocycles. The molecule has 1 heteroatoms. The molecule has 96 valence electrons. The number of Topliss-reactive ketones (excluding diaryl/α,β-unsaturated/α-hetero) is 1. The molecule has 0 aromatic rings. The maximum absolute atomic E-state index is 11.9. The second-order valence-electron chi connectivity index (χ2n) is 5.02. The Morgan fingerprint density at radius 2 is 2.18 bits per heavy atom. The number of hydrogen-bond donors (Lipinski definition) is 0. The van der Waals surface area contributed by atoms with Crippen LogP contribution >= 0.6 is 0 Å². The number of unbranched alkanes of at least 4 members (excludes halogenated alkanes) is 1. The predicted octanol–water partition coefficient (Wildman–Crippen LogP) is 4.83. The molecule has 0 amide bonds. The van der Waals surface area contributed by atoms with Crippen molar-refractivity contribution >= 4 is 5.78 Å². The number of carbonyl (C=O) groups excluding carboxylic acids is 1. The standard InChI is InChI=1S/C16H26O/c1-3-5-7-8-9-14-11-12-15(10-6-4-2)16(17)13-14/h5,7,12,14H,3-4,6,8-11,13H2,1-2H3/b7-5-. The first-order valence-electron chi connectivity index (χ1n) is 7.15. The fraction of sp³-hybridized carbons (Fsp3) is 0.688. The summed E-state index contributed by atoms with van der Waals surface area (Å²) in [6, 6.07) is 0. The van der Waals surface area contributed by atoms with Gasteiger partial charge in [0.2, 0.25) is 0 Å².